The molecule has 0 amide bonds. The highest BCUT2D eigenvalue weighted by Crippen LogP contribution is 2.28. The Morgan fingerprint density at radius 2 is 1.65 bits per heavy atom. The number of aryl methyl sites for hydroxylation is 3. The molecule has 2 aliphatic heterocycles. The minimum Gasteiger partial charge on any atom is -0.355 e. The van der Waals surface area contributed by atoms with Crippen LogP contribution in [0, 0.1) is 26.7 Å². The Morgan fingerprint density at radius 1 is 0.900 bits per heavy atom. The van der Waals surface area contributed by atoms with Crippen molar-refractivity contribution in [3.63, 3.8) is 0 Å². The lowest BCUT2D eigenvalue weighted by molar-refractivity contribution is 0.0556. The van der Waals surface area contributed by atoms with E-state index in [4.69, 9.17) is 15.0 Å². The molecular weight excluding hydrogens is 498 g/mol. The van der Waals surface area contributed by atoms with Crippen LogP contribution in [0.4, 0.5) is 5.82 Å². The van der Waals surface area contributed by atoms with Crippen molar-refractivity contribution in [3.8, 4) is 11.3 Å². The van der Waals surface area contributed by atoms with Crippen LogP contribution in [0.2, 0.25) is 0 Å². The minimum atomic E-state index is 0.543. The monoisotopic (exact) mass is 539 g/mol. The summed E-state index contributed by atoms with van der Waals surface area (Å²) in [5, 5.41) is 4.53. The average molecular weight is 540 g/mol. The maximum absolute atomic E-state index is 4.81. The van der Waals surface area contributed by atoms with E-state index in [2.05, 4.69) is 83.8 Å². The van der Waals surface area contributed by atoms with Gasteiger partial charge in [0.2, 0.25) is 0 Å². The molecule has 0 N–H and O–H groups in total. The van der Waals surface area contributed by atoms with Gasteiger partial charge >= 0.3 is 0 Å². The van der Waals surface area contributed by atoms with Crippen LogP contribution in [0.25, 0.3) is 17.0 Å². The Balaban J connectivity index is 1.07. The van der Waals surface area contributed by atoms with Crippen molar-refractivity contribution in [1.82, 2.24) is 39.3 Å². The zero-order valence-corrected chi connectivity index (χ0v) is 24.7. The van der Waals surface area contributed by atoms with Gasteiger partial charge in [-0.05, 0) is 71.6 Å². The van der Waals surface area contributed by atoms with Gasteiger partial charge in [-0.1, -0.05) is 24.3 Å². The molecule has 210 valence electrons. The number of anilines is 1. The number of hydrogen-bond acceptors (Lipinski definition) is 8. The van der Waals surface area contributed by atoms with Crippen LogP contribution in [0.15, 0.2) is 36.7 Å². The van der Waals surface area contributed by atoms with Crippen molar-refractivity contribution in [2.75, 3.05) is 38.1 Å². The van der Waals surface area contributed by atoms with Gasteiger partial charge in [-0.25, -0.2) is 14.5 Å². The lowest BCUT2D eigenvalue weighted by Gasteiger charge is -2.42. The van der Waals surface area contributed by atoms with Gasteiger partial charge in [-0.15, -0.1) is 0 Å². The van der Waals surface area contributed by atoms with Crippen LogP contribution < -0.4 is 4.90 Å². The van der Waals surface area contributed by atoms with Gasteiger partial charge in [-0.2, -0.15) is 10.1 Å². The predicted octanol–water partition coefficient (Wildman–Crippen LogP) is 4.10. The summed E-state index contributed by atoms with van der Waals surface area (Å²) >= 11 is 0. The molecule has 9 nitrogen and oxygen atoms in total. The molecule has 0 saturated carbocycles. The Bertz CT molecular complexity index is 1470. The first-order chi connectivity index (χ1) is 19.2. The van der Waals surface area contributed by atoms with Gasteiger partial charge < -0.3 is 4.90 Å². The minimum absolute atomic E-state index is 0.543. The highest BCUT2D eigenvalue weighted by molar-refractivity contribution is 5.59. The highest BCUT2D eigenvalue weighted by Gasteiger charge is 2.27. The summed E-state index contributed by atoms with van der Waals surface area (Å²) < 4.78 is 1.88. The van der Waals surface area contributed by atoms with Gasteiger partial charge in [-0.3, -0.25) is 14.8 Å². The van der Waals surface area contributed by atoms with Gasteiger partial charge in [0.05, 0.1) is 18.1 Å². The second kappa shape index (κ2) is 10.9. The van der Waals surface area contributed by atoms with E-state index < -0.39 is 0 Å². The Labute approximate surface area is 237 Å². The maximum atomic E-state index is 4.81. The van der Waals surface area contributed by atoms with Crippen molar-refractivity contribution in [2.45, 2.75) is 66.1 Å². The van der Waals surface area contributed by atoms with Crippen molar-refractivity contribution in [2.24, 2.45) is 5.92 Å². The number of rotatable bonds is 6. The molecule has 0 bridgehead atoms. The third-order valence-corrected chi connectivity index (χ3v) is 8.99. The van der Waals surface area contributed by atoms with Crippen molar-refractivity contribution < 1.29 is 0 Å². The van der Waals surface area contributed by atoms with Crippen LogP contribution in [0.1, 0.15) is 48.6 Å². The number of aromatic nitrogens is 6. The van der Waals surface area contributed by atoms with Crippen LogP contribution >= 0.6 is 0 Å². The first-order valence-corrected chi connectivity index (χ1v) is 14.5. The summed E-state index contributed by atoms with van der Waals surface area (Å²) in [6.45, 7) is 15.9. The van der Waals surface area contributed by atoms with Gasteiger partial charge in [0.15, 0.2) is 0 Å². The highest BCUT2D eigenvalue weighted by atomic mass is 15.3. The zero-order chi connectivity index (χ0) is 28.0. The van der Waals surface area contributed by atoms with E-state index in [0.29, 0.717) is 23.8 Å². The van der Waals surface area contributed by atoms with Crippen LogP contribution in [0.5, 0.6) is 0 Å². The molecule has 3 aromatic heterocycles. The molecule has 2 saturated heterocycles. The molecule has 1 aromatic carbocycles. The summed E-state index contributed by atoms with van der Waals surface area (Å²) in [6.07, 6.45) is 5.96. The zero-order valence-electron chi connectivity index (χ0n) is 24.7. The predicted molar refractivity (Wildman–Crippen MR) is 158 cm³/mol. The second-order valence-corrected chi connectivity index (χ2v) is 12.0. The van der Waals surface area contributed by atoms with Crippen molar-refractivity contribution in [3.05, 3.63) is 65.0 Å². The fourth-order valence-corrected chi connectivity index (χ4v) is 6.42. The molecule has 4 aromatic rings. The Hall–Kier alpha value is -3.43. The first-order valence-electron chi connectivity index (χ1n) is 14.5. The Kier molecular flexibility index (Phi) is 7.27. The average Bonchev–Trinajstić information content (AvgIpc) is 3.56. The molecule has 6 rings (SSSR count). The van der Waals surface area contributed by atoms with Gasteiger partial charge in [0.1, 0.15) is 11.6 Å². The second-order valence-electron chi connectivity index (χ2n) is 12.0. The van der Waals surface area contributed by atoms with E-state index in [1.807, 2.05) is 23.8 Å². The summed E-state index contributed by atoms with van der Waals surface area (Å²) in [5.41, 5.74) is 6.86. The molecular formula is C31H41N9. The molecule has 2 fully saturated rings. The smallest absolute Gasteiger partial charge is 0.252 e. The molecule has 2 unspecified atom stereocenters. The number of nitrogens with zero attached hydrogens (tertiary/aromatic N) is 9. The van der Waals surface area contributed by atoms with E-state index >= 15 is 0 Å². The number of fused-ring (bicyclic) bond motifs is 1. The van der Waals surface area contributed by atoms with Crippen molar-refractivity contribution >= 4 is 11.6 Å². The fraction of sp³-hybridized carbons (Fsp3) is 0.516. The first kappa shape index (κ1) is 26.8. The topological polar surface area (TPSA) is 78.6 Å². The van der Waals surface area contributed by atoms with Crippen LogP contribution in [-0.4, -0.2) is 84.7 Å². The fourth-order valence-electron chi connectivity index (χ4n) is 6.42. The molecule has 9 heteroatoms. The summed E-state index contributed by atoms with van der Waals surface area (Å²) in [7, 11) is 2.23. The maximum Gasteiger partial charge on any atom is 0.252 e. The summed E-state index contributed by atoms with van der Waals surface area (Å²) in [5.74, 6) is 2.94. The molecule has 40 heavy (non-hydrogen) atoms. The normalized spacial score (nSPS) is 22.4. The molecule has 5 heterocycles. The molecule has 0 radical (unpaired) electrons. The molecule has 0 aliphatic carbocycles. The van der Waals surface area contributed by atoms with E-state index in [0.717, 1.165) is 79.9 Å². The molecule has 0 spiro atoms. The third kappa shape index (κ3) is 5.32. The van der Waals surface area contributed by atoms with E-state index in [1.54, 1.807) is 0 Å². The van der Waals surface area contributed by atoms with E-state index in [1.165, 1.54) is 11.1 Å². The van der Waals surface area contributed by atoms with E-state index in [9.17, 15) is 0 Å². The lowest BCUT2D eigenvalue weighted by Crippen LogP contribution is -2.54. The SMILES string of the molecule is Cc1nc2nc(C)c(C[C@@H]3CCN(c4cnc(-c5ccc(CN6CC(C)N(C)C(C)C6)cc5)cn4)C3)c(C)n2n1. The van der Waals surface area contributed by atoms with Gasteiger partial charge in [0.25, 0.3) is 5.78 Å². The number of benzene rings is 1. The van der Waals surface area contributed by atoms with Crippen LogP contribution in [-0.2, 0) is 13.0 Å². The quantitative estimate of drug-likeness (QED) is 0.363. The number of piperazine rings is 1. The largest absolute Gasteiger partial charge is 0.355 e. The lowest BCUT2D eigenvalue weighted by atomic mass is 9.96. The number of likely N-dealkylation sites (N-methyl/N-ethyl adjacent to an activating group) is 1. The number of hydrogen-bond donors (Lipinski definition) is 0. The Morgan fingerprint density at radius 3 is 2.35 bits per heavy atom. The summed E-state index contributed by atoms with van der Waals surface area (Å²) in [4.78, 5) is 26.2. The van der Waals surface area contributed by atoms with Crippen LogP contribution in [0.3, 0.4) is 0 Å². The summed E-state index contributed by atoms with van der Waals surface area (Å²) in [6, 6.07) is 10.0. The van der Waals surface area contributed by atoms with Crippen molar-refractivity contribution in [1.29, 1.82) is 0 Å². The molecule has 3 atom stereocenters. The third-order valence-electron chi connectivity index (χ3n) is 8.99. The standard InChI is InChI=1S/C31H41N9/c1-20-16-38(17-21(2)37(20)6)18-25-7-9-27(10-8-25)29-14-33-30(15-32-29)39-12-11-26(19-39)13-28-22(3)34-31-35-24(5)36-40(31)23(28)4/h7-10,14-15,20-21,26H,11-13,16-19H2,1-6H3/t20?,21?,26-/m0/s1. The molecule has 2 aliphatic rings. The van der Waals surface area contributed by atoms with Gasteiger partial charge in [0, 0.05) is 61.8 Å². The van der Waals surface area contributed by atoms with E-state index in [-0.39, 0.29) is 0 Å².